The van der Waals surface area contributed by atoms with Crippen LogP contribution in [0.1, 0.15) is 18.1 Å². The zero-order chi connectivity index (χ0) is 12.6. The van der Waals surface area contributed by atoms with Crippen LogP contribution in [-0.2, 0) is 6.42 Å². The number of halogens is 1. The second-order valence-electron chi connectivity index (χ2n) is 4.26. The predicted molar refractivity (Wildman–Crippen MR) is 62.5 cm³/mol. The van der Waals surface area contributed by atoms with Gasteiger partial charge in [-0.05, 0) is 19.1 Å². The van der Waals surface area contributed by atoms with Gasteiger partial charge in [-0.2, -0.15) is 10.5 Å². The van der Waals surface area contributed by atoms with E-state index in [4.69, 9.17) is 32.6 Å². The average Bonchev–Trinajstić information content (AvgIpc) is 2.74. The van der Waals surface area contributed by atoms with Gasteiger partial charge in [-0.25, -0.2) is 0 Å². The van der Waals surface area contributed by atoms with Crippen molar-refractivity contribution in [3.63, 3.8) is 0 Å². The van der Waals surface area contributed by atoms with Crippen molar-refractivity contribution in [2.75, 3.05) is 0 Å². The first-order valence-electron chi connectivity index (χ1n) is 5.07. The van der Waals surface area contributed by atoms with Crippen LogP contribution in [0.15, 0.2) is 12.1 Å². The maximum Gasteiger partial charge on any atom is 0.141 e. The topological polar surface area (TPSA) is 82.8 Å². The van der Waals surface area contributed by atoms with Crippen LogP contribution >= 0.6 is 11.6 Å². The van der Waals surface area contributed by atoms with E-state index >= 15 is 0 Å². The fourth-order valence-electron chi connectivity index (χ4n) is 1.79. The maximum atomic E-state index is 8.96. The lowest BCUT2D eigenvalue weighted by atomic mass is 9.94. The molecule has 1 aliphatic heterocycles. The Balaban J connectivity index is 2.39. The predicted octanol–water partition coefficient (Wildman–Crippen LogP) is 1.76. The van der Waals surface area contributed by atoms with Crippen LogP contribution in [-0.4, -0.2) is 11.6 Å². The highest BCUT2D eigenvalue weighted by Gasteiger charge is 2.38. The summed E-state index contributed by atoms with van der Waals surface area (Å²) in [4.78, 5) is 0. The summed E-state index contributed by atoms with van der Waals surface area (Å²) in [6, 6.07) is 7.30. The molecule has 2 atom stereocenters. The van der Waals surface area contributed by atoms with Crippen LogP contribution in [0.3, 0.4) is 0 Å². The van der Waals surface area contributed by atoms with Gasteiger partial charge in [-0.15, -0.1) is 0 Å². The van der Waals surface area contributed by atoms with Crippen LogP contribution < -0.4 is 10.5 Å². The zero-order valence-electron chi connectivity index (χ0n) is 9.20. The summed E-state index contributed by atoms with van der Waals surface area (Å²) >= 11 is 6.01. The molecule has 0 aliphatic carbocycles. The van der Waals surface area contributed by atoms with E-state index in [0.717, 1.165) is 5.56 Å². The van der Waals surface area contributed by atoms with Gasteiger partial charge >= 0.3 is 0 Å². The Kier molecular flexibility index (Phi) is 2.71. The number of fused-ring (bicyclic) bond motifs is 1. The Hall–Kier alpha value is -1.75. The van der Waals surface area contributed by atoms with Gasteiger partial charge in [-0.3, -0.25) is 0 Å². The van der Waals surface area contributed by atoms with Gasteiger partial charge in [-0.1, -0.05) is 11.6 Å². The van der Waals surface area contributed by atoms with Crippen molar-refractivity contribution in [1.29, 1.82) is 10.5 Å². The Morgan fingerprint density at radius 2 is 2.24 bits per heavy atom. The largest absolute Gasteiger partial charge is 0.485 e. The van der Waals surface area contributed by atoms with E-state index in [0.29, 0.717) is 22.8 Å². The number of hydrogen-bond acceptors (Lipinski definition) is 4. The Morgan fingerprint density at radius 1 is 1.53 bits per heavy atom. The highest BCUT2D eigenvalue weighted by Crippen LogP contribution is 2.38. The van der Waals surface area contributed by atoms with Gasteiger partial charge in [0.15, 0.2) is 0 Å². The summed E-state index contributed by atoms with van der Waals surface area (Å²) < 4.78 is 5.60. The van der Waals surface area contributed by atoms with Gasteiger partial charge in [0.1, 0.15) is 17.4 Å². The molecule has 0 radical (unpaired) electrons. The number of benzene rings is 1. The molecule has 17 heavy (non-hydrogen) atoms. The minimum absolute atomic E-state index is 0.385. The zero-order valence-corrected chi connectivity index (χ0v) is 9.95. The highest BCUT2D eigenvalue weighted by atomic mass is 35.5. The molecule has 86 valence electrons. The van der Waals surface area contributed by atoms with E-state index in [1.165, 1.54) is 0 Å². The summed E-state index contributed by atoms with van der Waals surface area (Å²) in [5.74, 6) is 0.530. The maximum absolute atomic E-state index is 8.96. The monoisotopic (exact) mass is 247 g/mol. The standard InChI is InChI=1S/C12H10ClN3O/c1-12(16,6-15)10-4-8-2-7(5-14)3-9(13)11(8)17-10/h2-3,10H,4,16H2,1H3. The molecule has 0 saturated heterocycles. The molecule has 0 bridgehead atoms. The van der Waals surface area contributed by atoms with Crippen molar-refractivity contribution >= 4 is 11.6 Å². The van der Waals surface area contributed by atoms with Crippen molar-refractivity contribution in [1.82, 2.24) is 0 Å². The molecule has 2 N–H and O–H groups in total. The van der Waals surface area contributed by atoms with E-state index < -0.39 is 11.6 Å². The molecule has 0 saturated carbocycles. The van der Waals surface area contributed by atoms with Crippen molar-refractivity contribution in [2.45, 2.75) is 25.0 Å². The molecule has 1 aromatic carbocycles. The van der Waals surface area contributed by atoms with Crippen LogP contribution in [0.5, 0.6) is 5.75 Å². The smallest absolute Gasteiger partial charge is 0.141 e. The van der Waals surface area contributed by atoms with Crippen molar-refractivity contribution in [2.24, 2.45) is 5.73 Å². The number of hydrogen-bond donors (Lipinski definition) is 1. The van der Waals surface area contributed by atoms with Gasteiger partial charge in [0, 0.05) is 12.0 Å². The molecule has 0 fully saturated rings. The third kappa shape index (κ3) is 1.93. The van der Waals surface area contributed by atoms with Crippen LogP contribution in [0, 0.1) is 22.7 Å². The number of rotatable bonds is 1. The second kappa shape index (κ2) is 3.92. The Labute approximate surface area is 104 Å². The lowest BCUT2D eigenvalue weighted by Gasteiger charge is -2.22. The lowest BCUT2D eigenvalue weighted by Crippen LogP contribution is -2.49. The average molecular weight is 248 g/mol. The molecule has 5 heteroatoms. The van der Waals surface area contributed by atoms with Gasteiger partial charge < -0.3 is 10.5 Å². The van der Waals surface area contributed by atoms with Crippen LogP contribution in [0.25, 0.3) is 0 Å². The molecule has 1 aromatic rings. The summed E-state index contributed by atoms with van der Waals surface area (Å²) in [6.45, 7) is 1.61. The molecule has 0 aromatic heterocycles. The summed E-state index contributed by atoms with van der Waals surface area (Å²) in [5, 5.41) is 18.2. The van der Waals surface area contributed by atoms with E-state index in [2.05, 4.69) is 0 Å². The quantitative estimate of drug-likeness (QED) is 0.820. The molecule has 2 unspecified atom stereocenters. The fourth-order valence-corrected chi connectivity index (χ4v) is 2.07. The first-order chi connectivity index (χ1) is 7.97. The van der Waals surface area contributed by atoms with Gasteiger partial charge in [0.2, 0.25) is 0 Å². The summed E-state index contributed by atoms with van der Waals surface area (Å²) in [7, 11) is 0. The molecular formula is C12H10ClN3O. The molecule has 0 amide bonds. The molecule has 1 heterocycles. The molecule has 4 nitrogen and oxygen atoms in total. The van der Waals surface area contributed by atoms with E-state index in [1.807, 2.05) is 12.1 Å². The number of nitrogens with two attached hydrogens (primary N) is 1. The SMILES string of the molecule is CC(N)(C#N)C1Cc2cc(C#N)cc(Cl)c2O1. The van der Waals surface area contributed by atoms with Gasteiger partial charge in [0.25, 0.3) is 0 Å². The number of nitrogens with zero attached hydrogens (tertiary/aromatic N) is 2. The molecule has 0 spiro atoms. The normalized spacial score (nSPS) is 20.6. The minimum Gasteiger partial charge on any atom is -0.485 e. The van der Waals surface area contributed by atoms with E-state index in [9.17, 15) is 0 Å². The van der Waals surface area contributed by atoms with Crippen LogP contribution in [0.2, 0.25) is 5.02 Å². The van der Waals surface area contributed by atoms with E-state index in [1.54, 1.807) is 19.1 Å². The Morgan fingerprint density at radius 3 is 2.82 bits per heavy atom. The fraction of sp³-hybridized carbons (Fsp3) is 0.333. The number of nitriles is 2. The summed E-state index contributed by atoms with van der Waals surface area (Å²) in [5.41, 5.74) is 6.06. The second-order valence-corrected chi connectivity index (χ2v) is 4.67. The van der Waals surface area contributed by atoms with Gasteiger partial charge in [0.05, 0.1) is 22.7 Å². The van der Waals surface area contributed by atoms with E-state index in [-0.39, 0.29) is 0 Å². The Bertz CT molecular complexity index is 554. The molecular weight excluding hydrogens is 238 g/mol. The number of ether oxygens (including phenoxy) is 1. The first kappa shape index (κ1) is 11.7. The third-order valence-electron chi connectivity index (χ3n) is 2.82. The molecule has 2 rings (SSSR count). The lowest BCUT2D eigenvalue weighted by molar-refractivity contribution is 0.174. The third-order valence-corrected chi connectivity index (χ3v) is 3.11. The minimum atomic E-state index is -1.07. The molecule has 1 aliphatic rings. The summed E-state index contributed by atoms with van der Waals surface area (Å²) in [6.07, 6.45) is 0.0550. The van der Waals surface area contributed by atoms with Crippen molar-refractivity contribution < 1.29 is 4.74 Å². The van der Waals surface area contributed by atoms with Crippen molar-refractivity contribution in [3.8, 4) is 17.9 Å². The van der Waals surface area contributed by atoms with Crippen LogP contribution in [0.4, 0.5) is 0 Å². The first-order valence-corrected chi connectivity index (χ1v) is 5.45. The highest BCUT2D eigenvalue weighted by molar-refractivity contribution is 6.32. The van der Waals surface area contributed by atoms with Crippen molar-refractivity contribution in [3.05, 3.63) is 28.3 Å².